The third kappa shape index (κ3) is 29.5. The number of hydrogen-bond donors (Lipinski definition) is 1. The van der Waals surface area contributed by atoms with Crippen LogP contribution in [0.5, 0.6) is 0 Å². The highest BCUT2D eigenvalue weighted by molar-refractivity contribution is 5.69. The SMILES string of the molecule is CC(C)CCCCCCCCCCCCCC(=O)OC[C@H](O)COC(=O)CCCCCCCCCC(C)C. The van der Waals surface area contributed by atoms with Gasteiger partial charge in [-0.2, -0.15) is 0 Å². The summed E-state index contributed by atoms with van der Waals surface area (Å²) in [7, 11) is 0. The molecule has 0 aromatic carbocycles. The molecule has 226 valence electrons. The maximum atomic E-state index is 11.9. The highest BCUT2D eigenvalue weighted by atomic mass is 16.6. The fourth-order valence-electron chi connectivity index (χ4n) is 4.69. The maximum absolute atomic E-state index is 11.9. The average molecular weight is 541 g/mol. The van der Waals surface area contributed by atoms with E-state index in [2.05, 4.69) is 27.7 Å². The third-order valence-electron chi connectivity index (χ3n) is 7.20. The molecule has 0 heterocycles. The summed E-state index contributed by atoms with van der Waals surface area (Å²) in [4.78, 5) is 23.7. The summed E-state index contributed by atoms with van der Waals surface area (Å²) in [6.45, 7) is 8.92. The van der Waals surface area contributed by atoms with Crippen LogP contribution in [-0.2, 0) is 19.1 Å². The fourth-order valence-corrected chi connectivity index (χ4v) is 4.69. The fraction of sp³-hybridized carbons (Fsp3) is 0.939. The van der Waals surface area contributed by atoms with E-state index in [-0.39, 0.29) is 25.2 Å². The zero-order valence-corrected chi connectivity index (χ0v) is 25.8. The van der Waals surface area contributed by atoms with E-state index in [9.17, 15) is 14.7 Å². The number of aliphatic hydroxyl groups is 1. The normalized spacial score (nSPS) is 12.3. The number of unbranched alkanes of at least 4 members (excludes halogenated alkanes) is 16. The van der Waals surface area contributed by atoms with Crippen LogP contribution in [0.4, 0.5) is 0 Å². The quantitative estimate of drug-likeness (QED) is 0.0790. The van der Waals surface area contributed by atoms with E-state index < -0.39 is 6.10 Å². The minimum atomic E-state index is -0.955. The number of ether oxygens (including phenoxy) is 2. The minimum Gasteiger partial charge on any atom is -0.463 e. The molecule has 38 heavy (non-hydrogen) atoms. The van der Waals surface area contributed by atoms with E-state index in [0.29, 0.717) is 12.8 Å². The molecule has 0 unspecified atom stereocenters. The Bertz CT molecular complexity index is 531. The van der Waals surface area contributed by atoms with Crippen molar-refractivity contribution in [1.29, 1.82) is 0 Å². The van der Waals surface area contributed by atoms with E-state index >= 15 is 0 Å². The van der Waals surface area contributed by atoms with Gasteiger partial charge in [-0.25, -0.2) is 0 Å². The molecule has 0 aliphatic rings. The number of esters is 2. The van der Waals surface area contributed by atoms with E-state index in [1.165, 1.54) is 96.3 Å². The number of aliphatic hydroxyl groups excluding tert-OH is 1. The van der Waals surface area contributed by atoms with Crippen LogP contribution in [0.15, 0.2) is 0 Å². The van der Waals surface area contributed by atoms with Crippen molar-refractivity contribution in [3.8, 4) is 0 Å². The molecule has 0 aromatic heterocycles. The first kappa shape index (κ1) is 36.9. The molecule has 5 heteroatoms. The second-order valence-electron chi connectivity index (χ2n) is 12.2. The summed E-state index contributed by atoms with van der Waals surface area (Å²) in [5.74, 6) is 1.07. The van der Waals surface area contributed by atoms with Gasteiger partial charge < -0.3 is 14.6 Å². The van der Waals surface area contributed by atoms with E-state index in [1.807, 2.05) is 0 Å². The van der Waals surface area contributed by atoms with Crippen molar-refractivity contribution in [3.05, 3.63) is 0 Å². The van der Waals surface area contributed by atoms with Crippen molar-refractivity contribution in [2.24, 2.45) is 11.8 Å². The zero-order chi connectivity index (χ0) is 28.3. The van der Waals surface area contributed by atoms with Gasteiger partial charge in [-0.15, -0.1) is 0 Å². The van der Waals surface area contributed by atoms with E-state index in [1.54, 1.807) is 0 Å². The Kier molecular flexibility index (Phi) is 26.7. The Labute approximate surface area is 236 Å². The average Bonchev–Trinajstić information content (AvgIpc) is 2.87. The summed E-state index contributed by atoms with van der Waals surface area (Å²) < 4.78 is 10.3. The molecule has 0 fully saturated rings. The van der Waals surface area contributed by atoms with Gasteiger partial charge in [0.25, 0.3) is 0 Å². The Morgan fingerprint density at radius 1 is 0.474 bits per heavy atom. The second kappa shape index (κ2) is 27.5. The lowest BCUT2D eigenvalue weighted by Gasteiger charge is -2.12. The van der Waals surface area contributed by atoms with Crippen LogP contribution in [0.25, 0.3) is 0 Å². The Balaban J connectivity index is 3.42. The topological polar surface area (TPSA) is 72.8 Å². The van der Waals surface area contributed by atoms with Gasteiger partial charge in [-0.3, -0.25) is 9.59 Å². The first-order valence-electron chi connectivity index (χ1n) is 16.3. The summed E-state index contributed by atoms with van der Waals surface area (Å²) in [5.41, 5.74) is 0. The van der Waals surface area contributed by atoms with Crippen molar-refractivity contribution < 1.29 is 24.2 Å². The van der Waals surface area contributed by atoms with Crippen LogP contribution in [0, 0.1) is 11.8 Å². The predicted molar refractivity (Wildman–Crippen MR) is 159 cm³/mol. The lowest BCUT2D eigenvalue weighted by Crippen LogP contribution is -2.25. The second-order valence-corrected chi connectivity index (χ2v) is 12.2. The van der Waals surface area contributed by atoms with E-state index in [0.717, 1.165) is 43.9 Å². The third-order valence-corrected chi connectivity index (χ3v) is 7.20. The monoisotopic (exact) mass is 540 g/mol. The Morgan fingerprint density at radius 3 is 1.03 bits per heavy atom. The van der Waals surface area contributed by atoms with Gasteiger partial charge in [0.1, 0.15) is 19.3 Å². The van der Waals surface area contributed by atoms with Crippen molar-refractivity contribution >= 4 is 11.9 Å². The molecule has 1 atom stereocenters. The molecule has 0 aliphatic carbocycles. The van der Waals surface area contributed by atoms with Crippen LogP contribution < -0.4 is 0 Å². The lowest BCUT2D eigenvalue weighted by atomic mass is 10.0. The van der Waals surface area contributed by atoms with Gasteiger partial charge in [0, 0.05) is 12.8 Å². The number of carbonyl (C=O) groups is 2. The molecule has 0 radical (unpaired) electrons. The smallest absolute Gasteiger partial charge is 0.305 e. The first-order chi connectivity index (χ1) is 18.3. The van der Waals surface area contributed by atoms with Crippen LogP contribution in [0.1, 0.15) is 169 Å². The lowest BCUT2D eigenvalue weighted by molar-refractivity contribution is -0.152. The molecule has 1 N–H and O–H groups in total. The van der Waals surface area contributed by atoms with Gasteiger partial charge >= 0.3 is 11.9 Å². The van der Waals surface area contributed by atoms with Crippen molar-refractivity contribution in [3.63, 3.8) is 0 Å². The molecule has 0 rings (SSSR count). The van der Waals surface area contributed by atoms with Crippen LogP contribution in [0.2, 0.25) is 0 Å². The van der Waals surface area contributed by atoms with Crippen LogP contribution in [0.3, 0.4) is 0 Å². The van der Waals surface area contributed by atoms with Gasteiger partial charge in [-0.05, 0) is 24.7 Å². The van der Waals surface area contributed by atoms with Gasteiger partial charge in [-0.1, -0.05) is 143 Å². The number of hydrogen-bond acceptors (Lipinski definition) is 5. The molecule has 0 amide bonds. The molecule has 5 nitrogen and oxygen atoms in total. The van der Waals surface area contributed by atoms with Crippen LogP contribution >= 0.6 is 0 Å². The minimum absolute atomic E-state index is 0.111. The summed E-state index contributed by atoms with van der Waals surface area (Å²) in [6.07, 6.45) is 24.4. The highest BCUT2D eigenvalue weighted by Crippen LogP contribution is 2.15. The Hall–Kier alpha value is -1.10. The van der Waals surface area contributed by atoms with Crippen molar-refractivity contribution in [2.45, 2.75) is 175 Å². The zero-order valence-electron chi connectivity index (χ0n) is 25.8. The van der Waals surface area contributed by atoms with Crippen molar-refractivity contribution in [1.82, 2.24) is 0 Å². The molecule has 0 saturated heterocycles. The summed E-state index contributed by atoms with van der Waals surface area (Å²) in [5, 5.41) is 9.93. The molecule has 0 spiro atoms. The van der Waals surface area contributed by atoms with Gasteiger partial charge in [0.05, 0.1) is 0 Å². The molecule has 0 saturated carbocycles. The molecule has 0 bridgehead atoms. The summed E-state index contributed by atoms with van der Waals surface area (Å²) in [6, 6.07) is 0. The maximum Gasteiger partial charge on any atom is 0.305 e. The number of rotatable bonds is 28. The molecular weight excluding hydrogens is 476 g/mol. The number of carbonyl (C=O) groups excluding carboxylic acids is 2. The Morgan fingerprint density at radius 2 is 0.737 bits per heavy atom. The highest BCUT2D eigenvalue weighted by Gasteiger charge is 2.12. The van der Waals surface area contributed by atoms with Crippen LogP contribution in [-0.4, -0.2) is 36.4 Å². The standard InChI is InChI=1S/C33H64O5/c1-29(2)23-19-15-11-8-6-5-7-9-13-17-21-25-32(35)37-27-31(34)28-38-33(36)26-22-18-14-10-12-16-20-24-30(3)4/h29-31,34H,5-28H2,1-4H3/t31-/m0/s1. The van der Waals surface area contributed by atoms with Gasteiger partial charge in [0.2, 0.25) is 0 Å². The van der Waals surface area contributed by atoms with Gasteiger partial charge in [0.15, 0.2) is 0 Å². The van der Waals surface area contributed by atoms with E-state index in [4.69, 9.17) is 9.47 Å². The van der Waals surface area contributed by atoms with Crippen molar-refractivity contribution in [2.75, 3.05) is 13.2 Å². The molecule has 0 aliphatic heterocycles. The molecule has 0 aromatic rings. The first-order valence-corrected chi connectivity index (χ1v) is 16.3. The predicted octanol–water partition coefficient (Wildman–Crippen LogP) is 9.33. The summed E-state index contributed by atoms with van der Waals surface area (Å²) >= 11 is 0. The largest absolute Gasteiger partial charge is 0.463 e. The molecular formula is C33H64O5.